The molecular weight excluding hydrogens is 683 g/mol. The Morgan fingerprint density at radius 2 is 1.67 bits per heavy atom. The largest absolute Gasteiger partial charge is 0.496 e. The van der Waals surface area contributed by atoms with Crippen LogP contribution in [0.15, 0.2) is 89.8 Å². The van der Waals surface area contributed by atoms with Gasteiger partial charge in [0.05, 0.1) is 18.9 Å². The van der Waals surface area contributed by atoms with Crippen LogP contribution < -0.4 is 20.7 Å². The fourth-order valence-corrected chi connectivity index (χ4v) is 5.24. The lowest BCUT2D eigenvalue weighted by molar-refractivity contribution is -0.192. The Morgan fingerprint density at radius 3 is 2.27 bits per heavy atom. The first-order valence-corrected chi connectivity index (χ1v) is 16.6. The topological polar surface area (TPSA) is 155 Å². The fourth-order valence-electron chi connectivity index (χ4n) is 5.24. The minimum Gasteiger partial charge on any atom is -0.496 e. The highest BCUT2D eigenvalue weighted by Crippen LogP contribution is 2.33. The summed E-state index contributed by atoms with van der Waals surface area (Å²) in [7, 11) is 1.55. The number of alkyl halides is 3. The Morgan fingerprint density at radius 1 is 0.981 bits per heavy atom. The van der Waals surface area contributed by atoms with Gasteiger partial charge < -0.3 is 34.9 Å². The van der Waals surface area contributed by atoms with Crippen molar-refractivity contribution in [1.82, 2.24) is 15.2 Å². The number of halogens is 3. The molecule has 1 aliphatic carbocycles. The number of aromatic nitrogens is 1. The van der Waals surface area contributed by atoms with Crippen LogP contribution in [0.3, 0.4) is 0 Å². The number of nitrogens with one attached hydrogen (secondary N) is 3. The molecule has 1 heterocycles. The lowest BCUT2D eigenvalue weighted by atomic mass is 10.1. The van der Waals surface area contributed by atoms with E-state index in [1.54, 1.807) is 37.6 Å². The molecule has 1 atom stereocenters. The number of nitrogens with zero attached hydrogens (tertiary/aromatic N) is 2. The molecule has 0 saturated heterocycles. The molecule has 15 heteroatoms. The number of alkyl carbamates (subject to hydrolysis) is 1. The van der Waals surface area contributed by atoms with E-state index in [4.69, 9.17) is 23.8 Å². The van der Waals surface area contributed by atoms with Gasteiger partial charge in [-0.15, -0.1) is 0 Å². The number of carboxylic acid groups (broad SMARTS) is 1. The van der Waals surface area contributed by atoms with Crippen molar-refractivity contribution in [3.63, 3.8) is 0 Å². The van der Waals surface area contributed by atoms with Gasteiger partial charge in [0.1, 0.15) is 11.9 Å². The van der Waals surface area contributed by atoms with Crippen LogP contribution in [-0.2, 0) is 16.1 Å². The molecule has 1 aliphatic rings. The number of urea groups is 1. The number of rotatable bonds is 14. The molecule has 1 unspecified atom stereocenters. The van der Waals surface area contributed by atoms with Crippen molar-refractivity contribution in [2.75, 3.05) is 37.4 Å². The van der Waals surface area contributed by atoms with Gasteiger partial charge >= 0.3 is 24.3 Å². The fraction of sp³-hybridized carbons (Fsp3) is 0.351. The molecule has 1 aromatic heterocycles. The zero-order valence-corrected chi connectivity index (χ0v) is 29.0. The van der Waals surface area contributed by atoms with Crippen molar-refractivity contribution < 1.29 is 46.6 Å². The third kappa shape index (κ3) is 13.0. The summed E-state index contributed by atoms with van der Waals surface area (Å²) in [5.74, 6) is -0.396. The van der Waals surface area contributed by atoms with Crippen molar-refractivity contribution in [2.45, 2.75) is 45.5 Å². The second-order valence-electron chi connectivity index (χ2n) is 12.6. The number of anilines is 2. The number of oxazole rings is 1. The van der Waals surface area contributed by atoms with Gasteiger partial charge in [-0.3, -0.25) is 4.90 Å². The summed E-state index contributed by atoms with van der Waals surface area (Å²) in [5.41, 5.74) is 3.64. The molecule has 3 aromatic carbocycles. The van der Waals surface area contributed by atoms with Crippen molar-refractivity contribution in [3.8, 4) is 17.1 Å². The zero-order chi connectivity index (χ0) is 37.7. The van der Waals surface area contributed by atoms with Gasteiger partial charge in [-0.05, 0) is 60.1 Å². The van der Waals surface area contributed by atoms with Crippen molar-refractivity contribution in [2.24, 2.45) is 11.8 Å². The van der Waals surface area contributed by atoms with Crippen LogP contribution in [0.5, 0.6) is 5.75 Å². The molecule has 1 saturated carbocycles. The van der Waals surface area contributed by atoms with Crippen LogP contribution in [0.2, 0.25) is 0 Å². The third-order valence-electron chi connectivity index (χ3n) is 7.70. The number of hydrogen-bond acceptors (Lipinski definition) is 8. The molecule has 278 valence electrons. The van der Waals surface area contributed by atoms with Gasteiger partial charge in [0.2, 0.25) is 0 Å². The van der Waals surface area contributed by atoms with Crippen molar-refractivity contribution in [1.29, 1.82) is 0 Å². The summed E-state index contributed by atoms with van der Waals surface area (Å²) in [4.78, 5) is 41.0. The highest BCUT2D eigenvalue weighted by molar-refractivity contribution is 6.00. The van der Waals surface area contributed by atoms with E-state index in [-0.39, 0.29) is 12.6 Å². The van der Waals surface area contributed by atoms with Crippen LogP contribution in [0.25, 0.3) is 11.3 Å². The zero-order valence-electron chi connectivity index (χ0n) is 29.0. The van der Waals surface area contributed by atoms with Crippen LogP contribution in [-0.4, -0.2) is 66.0 Å². The number of benzene rings is 3. The van der Waals surface area contributed by atoms with E-state index in [0.29, 0.717) is 35.3 Å². The molecule has 52 heavy (non-hydrogen) atoms. The Kier molecular flexibility index (Phi) is 14.0. The van der Waals surface area contributed by atoms with Crippen LogP contribution >= 0.6 is 0 Å². The molecule has 4 N–H and O–H groups in total. The lowest BCUT2D eigenvalue weighted by Gasteiger charge is -2.29. The second kappa shape index (κ2) is 18.6. The number of methoxy groups -OCH3 is 1. The lowest BCUT2D eigenvalue weighted by Crippen LogP contribution is -2.36. The number of aliphatic carboxylic acids is 1. The van der Waals surface area contributed by atoms with Gasteiger partial charge in [-0.2, -0.15) is 13.2 Å². The summed E-state index contributed by atoms with van der Waals surface area (Å²) in [6, 6.07) is 22.0. The Hall–Kier alpha value is -5.57. The highest BCUT2D eigenvalue weighted by atomic mass is 19.4. The molecular formula is C37H42F3N5O7. The van der Waals surface area contributed by atoms with E-state index in [2.05, 4.69) is 39.7 Å². The predicted molar refractivity (Wildman–Crippen MR) is 188 cm³/mol. The monoisotopic (exact) mass is 725 g/mol. The van der Waals surface area contributed by atoms with E-state index >= 15 is 0 Å². The van der Waals surface area contributed by atoms with Gasteiger partial charge in [0.25, 0.3) is 0 Å². The van der Waals surface area contributed by atoms with E-state index < -0.39 is 24.3 Å². The van der Waals surface area contributed by atoms with Gasteiger partial charge in [0, 0.05) is 43.6 Å². The van der Waals surface area contributed by atoms with Crippen molar-refractivity contribution >= 4 is 29.5 Å². The minimum absolute atomic E-state index is 0.246. The van der Waals surface area contributed by atoms with Gasteiger partial charge in [0.15, 0.2) is 12.2 Å². The molecule has 5 rings (SSSR count). The first-order chi connectivity index (χ1) is 24.8. The number of carboxylic acids is 1. The van der Waals surface area contributed by atoms with E-state index in [9.17, 15) is 22.8 Å². The average Bonchev–Trinajstić information content (AvgIpc) is 3.74. The van der Waals surface area contributed by atoms with Crippen LogP contribution in [0, 0.1) is 11.8 Å². The Bertz CT molecular complexity index is 1750. The number of hydrogen-bond donors (Lipinski definition) is 4. The number of amides is 3. The quantitative estimate of drug-likeness (QED) is 0.101. The maximum atomic E-state index is 13.0. The van der Waals surface area contributed by atoms with Crippen molar-refractivity contribution in [3.05, 3.63) is 96.5 Å². The average molecular weight is 726 g/mol. The number of ether oxygens (including phenoxy) is 2. The van der Waals surface area contributed by atoms with Crippen LogP contribution in [0.4, 0.5) is 34.1 Å². The molecule has 12 nitrogen and oxygen atoms in total. The SMILES string of the molecule is COc1cc(NC(=O)Nc2cccc(CNC(=O)OC(CN(CC(C)C)CC3CC3)c3ccccc3)c2)ccc1-c1cnco1.O=C(O)C(F)(F)F. The standard InChI is InChI=1S/C35H41N5O5.C2HF3O2/c1-24(2)20-40(21-25-12-13-25)22-33(27-9-5-4-6-10-27)45-35(42)37-18-26-8-7-11-28(16-26)38-34(41)39-29-14-15-30(31(17-29)43-3)32-19-36-23-44-32;3-2(4,5)1(6)7/h4-11,14-17,19,23-25,33H,12-13,18,20-22H2,1-3H3,(H,37,42)(H2,38,39,41);(H,6,7). The first-order valence-electron chi connectivity index (χ1n) is 16.6. The maximum Gasteiger partial charge on any atom is 0.490 e. The van der Waals surface area contributed by atoms with E-state index in [0.717, 1.165) is 35.7 Å². The van der Waals surface area contributed by atoms with Gasteiger partial charge in [-0.25, -0.2) is 19.4 Å². The number of carbonyl (C=O) groups is 3. The predicted octanol–water partition coefficient (Wildman–Crippen LogP) is 7.96. The Balaban J connectivity index is 0.000000785. The second-order valence-corrected chi connectivity index (χ2v) is 12.6. The van der Waals surface area contributed by atoms with Crippen LogP contribution in [0.1, 0.15) is 43.9 Å². The summed E-state index contributed by atoms with van der Waals surface area (Å²) in [6.45, 7) is 7.31. The smallest absolute Gasteiger partial charge is 0.490 e. The summed E-state index contributed by atoms with van der Waals surface area (Å²) >= 11 is 0. The van der Waals surface area contributed by atoms with E-state index in [1.807, 2.05) is 48.5 Å². The molecule has 1 fully saturated rings. The molecule has 4 aromatic rings. The normalized spacial score (nSPS) is 13.1. The maximum absolute atomic E-state index is 13.0. The molecule has 0 aliphatic heterocycles. The summed E-state index contributed by atoms with van der Waals surface area (Å²) in [6.07, 6.45) is -0.469. The first kappa shape index (κ1) is 39.2. The summed E-state index contributed by atoms with van der Waals surface area (Å²) < 4.78 is 48.6. The molecule has 0 bridgehead atoms. The molecule has 3 amide bonds. The summed E-state index contributed by atoms with van der Waals surface area (Å²) in [5, 5.41) is 15.7. The van der Waals surface area contributed by atoms with Gasteiger partial charge in [-0.1, -0.05) is 56.3 Å². The highest BCUT2D eigenvalue weighted by Gasteiger charge is 2.38. The number of carbonyl (C=O) groups excluding carboxylic acids is 2. The molecule has 0 radical (unpaired) electrons. The van der Waals surface area contributed by atoms with E-state index in [1.165, 1.54) is 19.2 Å². The Labute approximate surface area is 299 Å². The molecule has 0 spiro atoms. The minimum atomic E-state index is -5.08. The third-order valence-corrected chi connectivity index (χ3v) is 7.70.